The zero-order valence-electron chi connectivity index (χ0n) is 13.1. The molecule has 1 saturated carbocycles. The van der Waals surface area contributed by atoms with Crippen molar-refractivity contribution in [3.05, 3.63) is 42.1 Å². The first-order valence-electron chi connectivity index (χ1n) is 8.05. The van der Waals surface area contributed by atoms with E-state index in [1.807, 2.05) is 30.3 Å². The van der Waals surface area contributed by atoms with Crippen molar-refractivity contribution in [3.63, 3.8) is 0 Å². The van der Waals surface area contributed by atoms with Gasteiger partial charge in [0.15, 0.2) is 0 Å². The van der Waals surface area contributed by atoms with Crippen molar-refractivity contribution in [1.82, 2.24) is 9.88 Å². The number of amides is 2. The van der Waals surface area contributed by atoms with Crippen LogP contribution in [0.2, 0.25) is 0 Å². The largest absolute Gasteiger partial charge is 0.368 e. The molecule has 5 heteroatoms. The molecule has 1 fully saturated rings. The van der Waals surface area contributed by atoms with E-state index in [9.17, 15) is 9.59 Å². The zero-order valence-corrected chi connectivity index (χ0v) is 13.1. The molecule has 3 rings (SSSR count). The molecule has 0 unspecified atom stereocenters. The molecule has 120 valence electrons. The van der Waals surface area contributed by atoms with Crippen LogP contribution in [0.5, 0.6) is 0 Å². The van der Waals surface area contributed by atoms with Gasteiger partial charge in [-0.1, -0.05) is 37.1 Å². The summed E-state index contributed by atoms with van der Waals surface area (Å²) in [6.45, 7) is 0.00168. The molecule has 1 heterocycles. The summed E-state index contributed by atoms with van der Waals surface area (Å²) in [5.41, 5.74) is 7.07. The number of aromatic nitrogens is 1. The average Bonchev–Trinajstić information content (AvgIpc) is 3.07. The Morgan fingerprint density at radius 1 is 1.17 bits per heavy atom. The van der Waals surface area contributed by atoms with E-state index < -0.39 is 5.91 Å². The van der Waals surface area contributed by atoms with Crippen LogP contribution in [0.15, 0.2) is 36.5 Å². The second-order valence-electron chi connectivity index (χ2n) is 6.10. The summed E-state index contributed by atoms with van der Waals surface area (Å²) in [5.74, 6) is -0.504. The van der Waals surface area contributed by atoms with E-state index in [1.165, 1.54) is 0 Å². The van der Waals surface area contributed by atoms with Crippen LogP contribution in [0.25, 0.3) is 10.9 Å². The molecule has 2 amide bonds. The number of carbonyl (C=O) groups excluding carboxylic acids is 2. The van der Waals surface area contributed by atoms with Gasteiger partial charge in [-0.15, -0.1) is 0 Å². The molecular formula is C18H21N3O2. The van der Waals surface area contributed by atoms with Crippen LogP contribution in [0.4, 0.5) is 0 Å². The Kier molecular flexibility index (Phi) is 4.55. The second-order valence-corrected chi connectivity index (χ2v) is 6.10. The molecule has 0 saturated heterocycles. The maximum absolute atomic E-state index is 12.8. The Morgan fingerprint density at radius 2 is 1.91 bits per heavy atom. The summed E-state index contributed by atoms with van der Waals surface area (Å²) >= 11 is 0. The lowest BCUT2D eigenvalue weighted by atomic mass is 10.1. The van der Waals surface area contributed by atoms with Crippen molar-refractivity contribution in [2.45, 2.75) is 38.1 Å². The maximum atomic E-state index is 12.8. The Labute approximate surface area is 135 Å². The predicted molar refractivity (Wildman–Crippen MR) is 88.6 cm³/mol. The monoisotopic (exact) mass is 311 g/mol. The van der Waals surface area contributed by atoms with E-state index in [4.69, 9.17) is 5.73 Å². The highest BCUT2D eigenvalue weighted by Crippen LogP contribution is 2.25. The van der Waals surface area contributed by atoms with Crippen LogP contribution in [-0.4, -0.2) is 34.3 Å². The standard InChI is InChI=1S/C18H21N3O2/c19-16(22)12-21(15-8-1-2-9-15)17(23)11-14-6-3-5-13-7-4-10-20-18(13)14/h3-7,10,15H,1-2,8-9,11-12H2,(H2,19,22). The number of pyridine rings is 1. The molecule has 0 atom stereocenters. The fourth-order valence-corrected chi connectivity index (χ4v) is 3.38. The summed E-state index contributed by atoms with van der Waals surface area (Å²) in [7, 11) is 0. The van der Waals surface area contributed by atoms with Gasteiger partial charge in [-0.3, -0.25) is 14.6 Å². The van der Waals surface area contributed by atoms with E-state index in [1.54, 1.807) is 11.1 Å². The van der Waals surface area contributed by atoms with E-state index in [-0.39, 0.29) is 24.9 Å². The number of hydrogen-bond acceptors (Lipinski definition) is 3. The van der Waals surface area contributed by atoms with Gasteiger partial charge >= 0.3 is 0 Å². The Morgan fingerprint density at radius 3 is 2.65 bits per heavy atom. The van der Waals surface area contributed by atoms with Gasteiger partial charge in [-0.05, 0) is 24.5 Å². The summed E-state index contributed by atoms with van der Waals surface area (Å²) in [6, 6.07) is 9.83. The summed E-state index contributed by atoms with van der Waals surface area (Å²) in [4.78, 5) is 30.2. The third-order valence-electron chi connectivity index (χ3n) is 4.47. The molecule has 0 aliphatic heterocycles. The van der Waals surface area contributed by atoms with Crippen LogP contribution in [0.3, 0.4) is 0 Å². The fourth-order valence-electron chi connectivity index (χ4n) is 3.38. The van der Waals surface area contributed by atoms with Crippen LogP contribution < -0.4 is 5.73 Å². The number of rotatable bonds is 5. The number of carbonyl (C=O) groups is 2. The summed E-state index contributed by atoms with van der Waals surface area (Å²) in [5, 5.41) is 1.01. The van der Waals surface area contributed by atoms with Crippen LogP contribution in [0.1, 0.15) is 31.2 Å². The van der Waals surface area contributed by atoms with Crippen LogP contribution >= 0.6 is 0 Å². The number of fused-ring (bicyclic) bond motifs is 1. The molecule has 0 bridgehead atoms. The molecular weight excluding hydrogens is 290 g/mol. The van der Waals surface area contributed by atoms with Crippen molar-refractivity contribution in [3.8, 4) is 0 Å². The molecule has 1 aromatic carbocycles. The van der Waals surface area contributed by atoms with Crippen molar-refractivity contribution in [1.29, 1.82) is 0 Å². The fraction of sp³-hybridized carbons (Fsp3) is 0.389. The first kappa shape index (κ1) is 15.5. The van der Waals surface area contributed by atoms with Gasteiger partial charge in [0.2, 0.25) is 11.8 Å². The van der Waals surface area contributed by atoms with Gasteiger partial charge in [0, 0.05) is 17.6 Å². The predicted octanol–water partition coefficient (Wildman–Crippen LogP) is 2.03. The SMILES string of the molecule is NC(=O)CN(C(=O)Cc1cccc2cccnc12)C1CCCC1. The molecule has 1 aromatic heterocycles. The van der Waals surface area contributed by atoms with Crippen LogP contribution in [0, 0.1) is 0 Å². The molecule has 23 heavy (non-hydrogen) atoms. The highest BCUT2D eigenvalue weighted by atomic mass is 16.2. The molecule has 1 aliphatic carbocycles. The van der Waals surface area contributed by atoms with Gasteiger partial charge in [0.25, 0.3) is 0 Å². The molecule has 2 aromatic rings. The van der Waals surface area contributed by atoms with Gasteiger partial charge in [-0.2, -0.15) is 0 Å². The van der Waals surface area contributed by atoms with E-state index in [0.717, 1.165) is 42.1 Å². The first-order chi connectivity index (χ1) is 11.1. The quantitative estimate of drug-likeness (QED) is 0.918. The van der Waals surface area contributed by atoms with E-state index in [2.05, 4.69) is 4.98 Å². The van der Waals surface area contributed by atoms with E-state index in [0.29, 0.717) is 0 Å². The molecule has 5 nitrogen and oxygen atoms in total. The lowest BCUT2D eigenvalue weighted by Gasteiger charge is -2.28. The van der Waals surface area contributed by atoms with Crippen LogP contribution in [-0.2, 0) is 16.0 Å². The Hall–Kier alpha value is -2.43. The number of nitrogens with zero attached hydrogens (tertiary/aromatic N) is 2. The Bertz CT molecular complexity index is 718. The van der Waals surface area contributed by atoms with E-state index >= 15 is 0 Å². The highest BCUT2D eigenvalue weighted by molar-refractivity contribution is 5.89. The number of hydrogen-bond donors (Lipinski definition) is 1. The summed E-state index contributed by atoms with van der Waals surface area (Å²) in [6.07, 6.45) is 6.08. The zero-order chi connectivity index (χ0) is 16.2. The molecule has 0 spiro atoms. The maximum Gasteiger partial charge on any atom is 0.237 e. The first-order valence-corrected chi connectivity index (χ1v) is 8.05. The van der Waals surface area contributed by atoms with Crippen molar-refractivity contribution in [2.75, 3.05) is 6.54 Å². The molecule has 2 N–H and O–H groups in total. The van der Waals surface area contributed by atoms with Gasteiger partial charge < -0.3 is 10.6 Å². The minimum absolute atomic E-state index is 0.00168. The topological polar surface area (TPSA) is 76.3 Å². The number of primary amides is 1. The summed E-state index contributed by atoms with van der Waals surface area (Å²) < 4.78 is 0. The minimum atomic E-state index is -0.457. The van der Waals surface area contributed by atoms with Gasteiger partial charge in [0.05, 0.1) is 18.5 Å². The number of nitrogens with two attached hydrogens (primary N) is 1. The Balaban J connectivity index is 1.83. The number of benzene rings is 1. The normalized spacial score (nSPS) is 15.0. The lowest BCUT2D eigenvalue weighted by Crippen LogP contribution is -2.44. The van der Waals surface area contributed by atoms with Crippen molar-refractivity contribution >= 4 is 22.7 Å². The second kappa shape index (κ2) is 6.77. The third kappa shape index (κ3) is 3.50. The molecule has 1 aliphatic rings. The number of para-hydroxylation sites is 1. The third-order valence-corrected chi connectivity index (χ3v) is 4.47. The minimum Gasteiger partial charge on any atom is -0.368 e. The smallest absolute Gasteiger partial charge is 0.237 e. The van der Waals surface area contributed by atoms with Crippen molar-refractivity contribution in [2.24, 2.45) is 5.73 Å². The van der Waals surface area contributed by atoms with Gasteiger partial charge in [0.1, 0.15) is 0 Å². The molecule has 0 radical (unpaired) electrons. The lowest BCUT2D eigenvalue weighted by molar-refractivity contribution is -0.136. The van der Waals surface area contributed by atoms with Gasteiger partial charge in [-0.25, -0.2) is 0 Å². The highest BCUT2D eigenvalue weighted by Gasteiger charge is 2.28. The average molecular weight is 311 g/mol. The van der Waals surface area contributed by atoms with Crippen molar-refractivity contribution < 1.29 is 9.59 Å².